The second-order valence-corrected chi connectivity index (χ2v) is 5.54. The van der Waals surface area contributed by atoms with Gasteiger partial charge in [-0.15, -0.1) is 0 Å². The number of hydrogen-bond acceptors (Lipinski definition) is 3. The van der Waals surface area contributed by atoms with Crippen LogP contribution in [-0.4, -0.2) is 11.5 Å². The molecule has 5 heteroatoms. The standard InChI is InChI=1S/C16H18Cl2N2O/c1-3-8-19-11(2)12-7-9-20-15(10-12)21-14-6-4-5-13(17)16(14)18/h4-7,9-11,19H,3,8H2,1-2H3. The third-order valence-electron chi connectivity index (χ3n) is 3.09. The second kappa shape index (κ2) is 7.64. The molecule has 0 fully saturated rings. The maximum absolute atomic E-state index is 6.12. The maximum Gasteiger partial charge on any atom is 0.219 e. The van der Waals surface area contributed by atoms with Crippen LogP contribution in [0.15, 0.2) is 36.5 Å². The molecule has 0 saturated carbocycles. The van der Waals surface area contributed by atoms with Crippen LogP contribution >= 0.6 is 23.2 Å². The topological polar surface area (TPSA) is 34.2 Å². The molecule has 0 aliphatic heterocycles. The predicted octanol–water partition coefficient (Wildman–Crippen LogP) is 5.24. The van der Waals surface area contributed by atoms with Crippen molar-refractivity contribution in [1.29, 1.82) is 0 Å². The lowest BCUT2D eigenvalue weighted by Crippen LogP contribution is -2.19. The van der Waals surface area contributed by atoms with Crippen LogP contribution in [0.2, 0.25) is 10.0 Å². The van der Waals surface area contributed by atoms with E-state index in [1.807, 2.05) is 12.1 Å². The molecule has 1 unspecified atom stereocenters. The lowest BCUT2D eigenvalue weighted by molar-refractivity contribution is 0.460. The van der Waals surface area contributed by atoms with Crippen molar-refractivity contribution in [3.8, 4) is 11.6 Å². The minimum absolute atomic E-state index is 0.241. The number of hydrogen-bond donors (Lipinski definition) is 1. The molecule has 1 aromatic carbocycles. The Hall–Kier alpha value is -1.29. The van der Waals surface area contributed by atoms with E-state index < -0.39 is 0 Å². The number of ether oxygens (including phenoxy) is 1. The quantitative estimate of drug-likeness (QED) is 0.788. The molecule has 112 valence electrons. The molecule has 1 atom stereocenters. The SMILES string of the molecule is CCCNC(C)c1ccnc(Oc2cccc(Cl)c2Cl)c1. The third-order valence-corrected chi connectivity index (χ3v) is 3.89. The molecule has 21 heavy (non-hydrogen) atoms. The summed E-state index contributed by atoms with van der Waals surface area (Å²) in [6, 6.07) is 9.40. The number of nitrogens with zero attached hydrogens (tertiary/aromatic N) is 1. The average Bonchev–Trinajstić information content (AvgIpc) is 2.50. The zero-order valence-corrected chi connectivity index (χ0v) is 13.6. The van der Waals surface area contributed by atoms with Gasteiger partial charge in [0.15, 0.2) is 0 Å². The minimum atomic E-state index is 0.241. The number of nitrogens with one attached hydrogen (secondary N) is 1. The summed E-state index contributed by atoms with van der Waals surface area (Å²) in [5, 5.41) is 4.28. The van der Waals surface area contributed by atoms with Gasteiger partial charge in [-0.3, -0.25) is 0 Å². The molecule has 0 saturated heterocycles. The van der Waals surface area contributed by atoms with E-state index in [0.29, 0.717) is 21.7 Å². The van der Waals surface area contributed by atoms with Crippen molar-refractivity contribution >= 4 is 23.2 Å². The highest BCUT2D eigenvalue weighted by Crippen LogP contribution is 2.34. The van der Waals surface area contributed by atoms with Gasteiger partial charge in [-0.2, -0.15) is 0 Å². The summed E-state index contributed by atoms with van der Waals surface area (Å²) in [6.07, 6.45) is 2.82. The Kier molecular flexibility index (Phi) is 5.85. The van der Waals surface area contributed by atoms with Crippen LogP contribution in [0.25, 0.3) is 0 Å². The molecule has 2 rings (SSSR count). The predicted molar refractivity (Wildman–Crippen MR) is 87.5 cm³/mol. The molecule has 0 aliphatic rings. The molecular formula is C16H18Cl2N2O. The number of halogens is 2. The fourth-order valence-electron chi connectivity index (χ4n) is 1.90. The zero-order valence-electron chi connectivity index (χ0n) is 12.1. The fraction of sp³-hybridized carbons (Fsp3) is 0.312. The van der Waals surface area contributed by atoms with E-state index in [1.165, 1.54) is 0 Å². The highest BCUT2D eigenvalue weighted by molar-refractivity contribution is 6.42. The van der Waals surface area contributed by atoms with Crippen molar-refractivity contribution in [2.75, 3.05) is 6.54 Å². The van der Waals surface area contributed by atoms with Gasteiger partial charge >= 0.3 is 0 Å². The van der Waals surface area contributed by atoms with Gasteiger partial charge in [-0.05, 0) is 43.7 Å². The molecule has 2 aromatic rings. The van der Waals surface area contributed by atoms with Crippen molar-refractivity contribution in [2.45, 2.75) is 26.3 Å². The first-order valence-corrected chi connectivity index (χ1v) is 7.68. The van der Waals surface area contributed by atoms with Crippen LogP contribution in [0, 0.1) is 0 Å². The molecule has 1 N–H and O–H groups in total. The Balaban J connectivity index is 2.16. The first-order chi connectivity index (χ1) is 10.1. The Bertz CT molecular complexity index is 605. The van der Waals surface area contributed by atoms with E-state index >= 15 is 0 Å². The van der Waals surface area contributed by atoms with Gasteiger partial charge in [0, 0.05) is 18.3 Å². The second-order valence-electron chi connectivity index (χ2n) is 4.76. The lowest BCUT2D eigenvalue weighted by Gasteiger charge is -2.14. The molecule has 0 aliphatic carbocycles. The van der Waals surface area contributed by atoms with Crippen LogP contribution in [0.4, 0.5) is 0 Å². The summed E-state index contributed by atoms with van der Waals surface area (Å²) < 4.78 is 5.73. The Morgan fingerprint density at radius 3 is 2.86 bits per heavy atom. The molecule has 0 amide bonds. The summed E-state index contributed by atoms with van der Waals surface area (Å²) in [5.41, 5.74) is 1.12. The average molecular weight is 325 g/mol. The summed E-state index contributed by atoms with van der Waals surface area (Å²) >= 11 is 12.1. The van der Waals surface area contributed by atoms with Crippen LogP contribution in [0.5, 0.6) is 11.6 Å². The van der Waals surface area contributed by atoms with Gasteiger partial charge in [-0.25, -0.2) is 4.98 Å². The molecule has 1 heterocycles. The van der Waals surface area contributed by atoms with Crippen LogP contribution in [0.1, 0.15) is 31.9 Å². The van der Waals surface area contributed by atoms with Crippen molar-refractivity contribution in [2.24, 2.45) is 0 Å². The smallest absolute Gasteiger partial charge is 0.219 e. The molecular weight excluding hydrogens is 307 g/mol. The van der Waals surface area contributed by atoms with Gasteiger partial charge < -0.3 is 10.1 Å². The molecule has 3 nitrogen and oxygen atoms in total. The zero-order chi connectivity index (χ0) is 15.2. The maximum atomic E-state index is 6.12. The Morgan fingerprint density at radius 1 is 1.29 bits per heavy atom. The van der Waals surface area contributed by atoms with Crippen LogP contribution in [0.3, 0.4) is 0 Å². The van der Waals surface area contributed by atoms with Gasteiger partial charge in [0.1, 0.15) is 10.8 Å². The first-order valence-electron chi connectivity index (χ1n) is 6.93. The van der Waals surface area contributed by atoms with E-state index in [-0.39, 0.29) is 6.04 Å². The van der Waals surface area contributed by atoms with Crippen molar-refractivity contribution < 1.29 is 4.74 Å². The summed E-state index contributed by atoms with van der Waals surface area (Å²) in [6.45, 7) is 5.23. The normalized spacial score (nSPS) is 12.2. The summed E-state index contributed by atoms with van der Waals surface area (Å²) in [4.78, 5) is 4.22. The summed E-state index contributed by atoms with van der Waals surface area (Å²) in [5.74, 6) is 1.00. The third kappa shape index (κ3) is 4.34. The van der Waals surface area contributed by atoms with Gasteiger partial charge in [0.25, 0.3) is 0 Å². The van der Waals surface area contributed by atoms with Gasteiger partial charge in [-0.1, -0.05) is 36.2 Å². The van der Waals surface area contributed by atoms with E-state index in [0.717, 1.165) is 18.5 Å². The molecule has 0 radical (unpaired) electrons. The fourth-order valence-corrected chi connectivity index (χ4v) is 2.23. The monoisotopic (exact) mass is 324 g/mol. The van der Waals surface area contributed by atoms with E-state index in [9.17, 15) is 0 Å². The highest BCUT2D eigenvalue weighted by Gasteiger charge is 2.10. The minimum Gasteiger partial charge on any atom is -0.437 e. The molecule has 0 spiro atoms. The van der Waals surface area contributed by atoms with Crippen molar-refractivity contribution in [1.82, 2.24) is 10.3 Å². The van der Waals surface area contributed by atoms with Gasteiger partial charge in [0.05, 0.1) is 5.02 Å². The van der Waals surface area contributed by atoms with Crippen LogP contribution < -0.4 is 10.1 Å². The Labute approximate surface area is 135 Å². The number of pyridine rings is 1. The number of rotatable bonds is 6. The van der Waals surface area contributed by atoms with Crippen molar-refractivity contribution in [3.63, 3.8) is 0 Å². The summed E-state index contributed by atoms with van der Waals surface area (Å²) in [7, 11) is 0. The Morgan fingerprint density at radius 2 is 2.10 bits per heavy atom. The lowest BCUT2D eigenvalue weighted by atomic mass is 10.1. The van der Waals surface area contributed by atoms with E-state index in [2.05, 4.69) is 24.1 Å². The highest BCUT2D eigenvalue weighted by atomic mass is 35.5. The first kappa shape index (κ1) is 16.1. The molecule has 0 bridgehead atoms. The largest absolute Gasteiger partial charge is 0.437 e. The van der Waals surface area contributed by atoms with Gasteiger partial charge in [0.2, 0.25) is 5.88 Å². The number of aromatic nitrogens is 1. The van der Waals surface area contributed by atoms with Crippen LogP contribution in [-0.2, 0) is 0 Å². The van der Waals surface area contributed by atoms with E-state index in [1.54, 1.807) is 24.4 Å². The number of benzene rings is 1. The van der Waals surface area contributed by atoms with E-state index in [4.69, 9.17) is 27.9 Å². The molecule has 1 aromatic heterocycles. The van der Waals surface area contributed by atoms with Crippen molar-refractivity contribution in [3.05, 3.63) is 52.1 Å².